The van der Waals surface area contributed by atoms with E-state index in [-0.39, 0.29) is 25.4 Å². The van der Waals surface area contributed by atoms with Crippen LogP contribution in [0.15, 0.2) is 134 Å². The Bertz CT molecular complexity index is 1780. The van der Waals surface area contributed by atoms with Crippen LogP contribution < -0.4 is 10.2 Å². The minimum absolute atomic E-state index is 0.0403. The Labute approximate surface area is 473 Å². The van der Waals surface area contributed by atoms with E-state index in [2.05, 4.69) is 86.8 Å². The number of phosphoric acid groups is 1. The van der Waals surface area contributed by atoms with Gasteiger partial charge in [0.15, 0.2) is 0 Å². The molecule has 10 heteroatoms. The maximum absolute atomic E-state index is 13.5. The van der Waals surface area contributed by atoms with E-state index in [4.69, 9.17) is 13.8 Å². The summed E-state index contributed by atoms with van der Waals surface area (Å²) in [5.41, 5.74) is 0. The molecule has 0 rings (SSSR count). The average Bonchev–Trinajstić information content (AvgIpc) is 3.39. The first-order valence-corrected chi connectivity index (χ1v) is 32.0. The van der Waals surface area contributed by atoms with Gasteiger partial charge >= 0.3 is 5.97 Å². The van der Waals surface area contributed by atoms with Crippen LogP contribution in [0.25, 0.3) is 0 Å². The normalized spacial score (nSPS) is 14.6. The number of amides is 1. The zero-order valence-corrected chi connectivity index (χ0v) is 50.8. The first-order chi connectivity index (χ1) is 37.4. The zero-order valence-electron chi connectivity index (χ0n) is 49.9. The van der Waals surface area contributed by atoms with E-state index in [0.717, 1.165) is 89.9 Å². The quantitative estimate of drug-likeness (QED) is 0.0161. The van der Waals surface area contributed by atoms with Crippen molar-refractivity contribution in [1.29, 1.82) is 0 Å². The number of esters is 1. The second kappa shape index (κ2) is 55.5. The van der Waals surface area contributed by atoms with E-state index in [1.165, 1.54) is 89.9 Å². The van der Waals surface area contributed by atoms with Gasteiger partial charge in [0.05, 0.1) is 33.8 Å². The molecule has 0 aliphatic carbocycles. The molecule has 3 atom stereocenters. The van der Waals surface area contributed by atoms with Crippen LogP contribution in [-0.4, -0.2) is 69.4 Å². The maximum Gasteiger partial charge on any atom is 0.306 e. The molecule has 438 valence electrons. The number of rotatable bonds is 53. The minimum atomic E-state index is -4.72. The summed E-state index contributed by atoms with van der Waals surface area (Å²) in [4.78, 5) is 39.9. The second-order valence-electron chi connectivity index (χ2n) is 21.3. The Balaban J connectivity index is 5.32. The third-order valence-electron chi connectivity index (χ3n) is 12.7. The molecule has 0 saturated heterocycles. The molecule has 0 bridgehead atoms. The molecular formula is C67H113N2O7P. The van der Waals surface area contributed by atoms with E-state index in [9.17, 15) is 19.0 Å². The standard InChI is InChI=1S/C67H113N2O7P/c1-7-10-13-16-19-22-25-27-29-31-32-33-34-35-36-38-39-41-44-47-50-53-56-59-66(70)68-64(63-75-77(72,73)74-62-61-69(4,5)6)65(58-55-52-49-46-43-24-21-18-15-12-9-3)76-67(71)60-57-54-51-48-45-42-40-37-30-28-26-23-20-17-14-11-8-2/h11,14,17,19-20,22-23,26-30,32-33,35-37,40,42,45,55,58,64-65H,7-10,12-13,15-16,18,21,24-25,31,34,38-39,41,43-44,46-54,56-57,59-63H2,1-6H3,(H-,68,70,72,73)/b14-11-,20-17+,22-19-,26-23+,29-27-,30-28-,33-32-,36-35-,40-37+,45-42+,58-55-. The summed E-state index contributed by atoms with van der Waals surface area (Å²) in [5, 5.41) is 3.00. The van der Waals surface area contributed by atoms with Gasteiger partial charge in [0.1, 0.15) is 19.3 Å². The van der Waals surface area contributed by atoms with E-state index < -0.39 is 32.5 Å². The third kappa shape index (κ3) is 56.7. The van der Waals surface area contributed by atoms with Crippen molar-refractivity contribution in [3.63, 3.8) is 0 Å². The molecule has 0 spiro atoms. The first kappa shape index (κ1) is 73.2. The highest BCUT2D eigenvalue weighted by molar-refractivity contribution is 7.45. The summed E-state index contributed by atoms with van der Waals surface area (Å²) in [7, 11) is 1.13. The predicted molar refractivity (Wildman–Crippen MR) is 330 cm³/mol. The molecule has 0 radical (unpaired) electrons. The van der Waals surface area contributed by atoms with E-state index in [1.807, 2.05) is 88.0 Å². The highest BCUT2D eigenvalue weighted by Crippen LogP contribution is 2.38. The third-order valence-corrected chi connectivity index (χ3v) is 13.7. The van der Waals surface area contributed by atoms with Gasteiger partial charge in [-0.1, -0.05) is 251 Å². The number of carbonyl (C=O) groups excluding carboxylic acids is 2. The first-order valence-electron chi connectivity index (χ1n) is 30.6. The molecule has 0 heterocycles. The van der Waals surface area contributed by atoms with Gasteiger partial charge in [-0.2, -0.15) is 0 Å². The van der Waals surface area contributed by atoms with Crippen LogP contribution in [0, 0.1) is 0 Å². The van der Waals surface area contributed by atoms with Crippen molar-refractivity contribution in [1.82, 2.24) is 5.32 Å². The number of nitrogens with zero attached hydrogens (tertiary/aromatic N) is 1. The molecule has 3 unspecified atom stereocenters. The van der Waals surface area contributed by atoms with Crippen LogP contribution in [0.3, 0.4) is 0 Å². The van der Waals surface area contributed by atoms with Gasteiger partial charge in [-0.3, -0.25) is 14.2 Å². The van der Waals surface area contributed by atoms with Crippen molar-refractivity contribution >= 4 is 19.7 Å². The van der Waals surface area contributed by atoms with Gasteiger partial charge in [-0.15, -0.1) is 0 Å². The zero-order chi connectivity index (χ0) is 56.4. The predicted octanol–water partition coefficient (Wildman–Crippen LogP) is 18.3. The molecule has 0 aromatic carbocycles. The van der Waals surface area contributed by atoms with Gasteiger partial charge in [0.2, 0.25) is 5.91 Å². The molecule has 0 aliphatic heterocycles. The Hall–Kier alpha value is -3.85. The summed E-state index contributed by atoms with van der Waals surface area (Å²) in [6.45, 7) is 6.60. The molecule has 1 amide bonds. The average molecular weight is 1090 g/mol. The molecule has 1 N–H and O–H groups in total. The van der Waals surface area contributed by atoms with Crippen LogP contribution in [0.5, 0.6) is 0 Å². The SMILES string of the molecule is CC\C=C/C=C/C=C/C=C\C=C\C=C\CCCCCC(=O)OC(/C=C\CCCCCCCCCCC)C(COP(=O)([O-])OCC[N+](C)(C)C)NC(=O)CCCCCCCCC/C=C\C/C=C\C/C=C\C/C=C\CCCCC. The van der Waals surface area contributed by atoms with Crippen LogP contribution in [-0.2, 0) is 27.9 Å². The number of unbranched alkanes of at least 4 members (excludes halogenated alkanes) is 22. The summed E-state index contributed by atoms with van der Waals surface area (Å²) in [5.74, 6) is -0.616. The van der Waals surface area contributed by atoms with Crippen molar-refractivity contribution in [2.45, 2.75) is 238 Å². The molecule has 77 heavy (non-hydrogen) atoms. The summed E-state index contributed by atoms with van der Waals surface area (Å²) < 4.78 is 30.2. The number of hydrogen-bond donors (Lipinski definition) is 1. The number of ether oxygens (including phenoxy) is 1. The molecule has 0 saturated carbocycles. The molecule has 0 fully saturated rings. The smallest absolute Gasteiger partial charge is 0.306 e. The number of hydrogen-bond acceptors (Lipinski definition) is 7. The second-order valence-corrected chi connectivity index (χ2v) is 22.7. The number of allylic oxidation sites excluding steroid dienone is 21. The number of nitrogens with one attached hydrogen (secondary N) is 1. The lowest BCUT2D eigenvalue weighted by Crippen LogP contribution is -2.47. The Morgan fingerprint density at radius 3 is 1.40 bits per heavy atom. The van der Waals surface area contributed by atoms with Crippen molar-refractivity contribution in [3.8, 4) is 0 Å². The van der Waals surface area contributed by atoms with E-state index in [1.54, 1.807) is 6.08 Å². The lowest BCUT2D eigenvalue weighted by molar-refractivity contribution is -0.870. The van der Waals surface area contributed by atoms with Crippen LogP contribution in [0.4, 0.5) is 0 Å². The van der Waals surface area contributed by atoms with Crippen LogP contribution in [0.1, 0.15) is 226 Å². The number of phosphoric ester groups is 1. The monoisotopic (exact) mass is 1090 g/mol. The van der Waals surface area contributed by atoms with E-state index in [0.29, 0.717) is 23.9 Å². The lowest BCUT2D eigenvalue weighted by atomic mass is 10.1. The molecular weight excluding hydrogens is 976 g/mol. The fraction of sp³-hybridized carbons (Fsp3) is 0.642. The number of likely N-dealkylation sites (N-methyl/N-ethyl adjacent to an activating group) is 1. The van der Waals surface area contributed by atoms with Crippen LogP contribution >= 0.6 is 7.82 Å². The summed E-state index contributed by atoms with van der Waals surface area (Å²) in [6, 6.07) is -0.923. The number of carbonyl (C=O) groups is 2. The topological polar surface area (TPSA) is 114 Å². The van der Waals surface area contributed by atoms with Crippen LogP contribution in [0.2, 0.25) is 0 Å². The molecule has 0 aliphatic rings. The largest absolute Gasteiger partial charge is 0.756 e. The van der Waals surface area contributed by atoms with Gasteiger partial charge < -0.3 is 28.5 Å². The van der Waals surface area contributed by atoms with Gasteiger partial charge in [0.25, 0.3) is 7.82 Å². The number of quaternary nitrogens is 1. The minimum Gasteiger partial charge on any atom is -0.756 e. The van der Waals surface area contributed by atoms with Gasteiger partial charge in [0, 0.05) is 12.8 Å². The van der Waals surface area contributed by atoms with Crippen molar-refractivity contribution < 1.29 is 37.3 Å². The molecule has 9 nitrogen and oxygen atoms in total. The van der Waals surface area contributed by atoms with Gasteiger partial charge in [-0.05, 0) is 96.0 Å². The Morgan fingerprint density at radius 1 is 0.481 bits per heavy atom. The van der Waals surface area contributed by atoms with Crippen molar-refractivity contribution in [2.24, 2.45) is 0 Å². The Morgan fingerprint density at radius 2 is 0.883 bits per heavy atom. The van der Waals surface area contributed by atoms with Gasteiger partial charge in [-0.25, -0.2) is 0 Å². The summed E-state index contributed by atoms with van der Waals surface area (Å²) in [6.07, 6.45) is 78.4. The molecule has 0 aromatic rings. The summed E-state index contributed by atoms with van der Waals surface area (Å²) >= 11 is 0. The fourth-order valence-electron chi connectivity index (χ4n) is 8.01. The van der Waals surface area contributed by atoms with Crippen molar-refractivity contribution in [3.05, 3.63) is 134 Å². The fourth-order valence-corrected chi connectivity index (χ4v) is 8.73. The highest BCUT2D eigenvalue weighted by atomic mass is 31.2. The lowest BCUT2D eigenvalue weighted by Gasteiger charge is -2.30. The Kier molecular flexibility index (Phi) is 52.7. The highest BCUT2D eigenvalue weighted by Gasteiger charge is 2.27. The van der Waals surface area contributed by atoms with E-state index >= 15 is 0 Å². The molecule has 0 aromatic heterocycles. The maximum atomic E-state index is 13.5. The van der Waals surface area contributed by atoms with Crippen molar-refractivity contribution in [2.75, 3.05) is 40.9 Å².